The summed E-state index contributed by atoms with van der Waals surface area (Å²) >= 11 is 6.14. The van der Waals surface area contributed by atoms with Crippen molar-refractivity contribution in [3.8, 4) is 5.75 Å². The van der Waals surface area contributed by atoms with Crippen LogP contribution in [0.1, 0.15) is 15.9 Å². The number of rotatable bonds is 5. The maximum absolute atomic E-state index is 13.9. The topological polar surface area (TPSA) is 66.9 Å². The summed E-state index contributed by atoms with van der Waals surface area (Å²) in [5, 5.41) is 0.221. The van der Waals surface area contributed by atoms with E-state index in [1.807, 2.05) is 6.07 Å². The molecule has 0 N–H and O–H groups in total. The van der Waals surface area contributed by atoms with Gasteiger partial charge in [-0.15, -0.1) is 0 Å². The molecule has 1 fully saturated rings. The van der Waals surface area contributed by atoms with E-state index < -0.39 is 15.7 Å². The minimum Gasteiger partial charge on any atom is -0.494 e. The lowest BCUT2D eigenvalue weighted by atomic mass is 10.1. The standard InChI is InChI=1S/C20H22ClFN2O4S/c1-28-19-6-3-14(11-18(19)22)13-23-7-9-24(10-8-23)20(25)16-12-15(29(2,26)27)4-5-17(16)21/h3-6,11-12H,7-10,13H2,1-2H3. The Kier molecular flexibility index (Phi) is 6.45. The maximum Gasteiger partial charge on any atom is 0.255 e. The number of nitrogens with zero attached hydrogens (tertiary/aromatic N) is 2. The van der Waals surface area contributed by atoms with Gasteiger partial charge in [0.1, 0.15) is 0 Å². The molecule has 1 aliphatic heterocycles. The Morgan fingerprint density at radius 3 is 2.41 bits per heavy atom. The zero-order chi connectivity index (χ0) is 21.2. The molecule has 2 aromatic carbocycles. The Bertz CT molecular complexity index is 1020. The van der Waals surface area contributed by atoms with Gasteiger partial charge in [-0.25, -0.2) is 12.8 Å². The first-order valence-electron chi connectivity index (χ1n) is 9.02. The number of sulfone groups is 1. The molecule has 1 heterocycles. The van der Waals surface area contributed by atoms with Crippen molar-refractivity contribution in [3.63, 3.8) is 0 Å². The summed E-state index contributed by atoms with van der Waals surface area (Å²) in [7, 11) is -2.01. The summed E-state index contributed by atoms with van der Waals surface area (Å²) in [4.78, 5) is 16.7. The summed E-state index contributed by atoms with van der Waals surface area (Å²) < 4.78 is 42.3. The van der Waals surface area contributed by atoms with E-state index in [-0.39, 0.29) is 27.1 Å². The van der Waals surface area contributed by atoms with Crippen LogP contribution in [0.25, 0.3) is 0 Å². The molecular formula is C20H22ClFN2O4S. The normalized spacial score (nSPS) is 15.4. The van der Waals surface area contributed by atoms with Crippen LogP contribution in [-0.2, 0) is 16.4 Å². The third-order valence-electron chi connectivity index (χ3n) is 4.88. The molecular weight excluding hydrogens is 419 g/mol. The van der Waals surface area contributed by atoms with E-state index in [1.54, 1.807) is 11.0 Å². The Balaban J connectivity index is 1.65. The zero-order valence-electron chi connectivity index (χ0n) is 16.2. The minimum absolute atomic E-state index is 0.0606. The average molecular weight is 441 g/mol. The molecule has 0 unspecified atom stereocenters. The highest BCUT2D eigenvalue weighted by molar-refractivity contribution is 7.90. The maximum atomic E-state index is 13.9. The lowest BCUT2D eigenvalue weighted by Gasteiger charge is -2.35. The Labute approximate surface area is 174 Å². The molecule has 6 nitrogen and oxygen atoms in total. The summed E-state index contributed by atoms with van der Waals surface area (Å²) in [6, 6.07) is 9.01. The molecule has 29 heavy (non-hydrogen) atoms. The molecule has 156 valence electrons. The van der Waals surface area contributed by atoms with Crippen LogP contribution in [0, 0.1) is 5.82 Å². The van der Waals surface area contributed by atoms with E-state index in [2.05, 4.69) is 4.90 Å². The van der Waals surface area contributed by atoms with Gasteiger partial charge in [-0.2, -0.15) is 0 Å². The van der Waals surface area contributed by atoms with Crippen LogP contribution in [0.5, 0.6) is 5.75 Å². The SMILES string of the molecule is COc1ccc(CN2CCN(C(=O)c3cc(S(C)(=O)=O)ccc3Cl)CC2)cc1F. The van der Waals surface area contributed by atoms with Crippen LogP contribution < -0.4 is 4.74 Å². The monoisotopic (exact) mass is 440 g/mol. The van der Waals surface area contributed by atoms with Crippen molar-refractivity contribution in [2.24, 2.45) is 0 Å². The van der Waals surface area contributed by atoms with Crippen molar-refractivity contribution in [2.45, 2.75) is 11.4 Å². The van der Waals surface area contributed by atoms with Crippen LogP contribution in [0.2, 0.25) is 5.02 Å². The average Bonchev–Trinajstić information content (AvgIpc) is 2.68. The van der Waals surface area contributed by atoms with Crippen molar-refractivity contribution in [1.82, 2.24) is 9.80 Å². The predicted molar refractivity (Wildman–Crippen MR) is 109 cm³/mol. The highest BCUT2D eigenvalue weighted by atomic mass is 35.5. The highest BCUT2D eigenvalue weighted by Gasteiger charge is 2.25. The van der Waals surface area contributed by atoms with Gasteiger partial charge in [-0.05, 0) is 35.9 Å². The summed E-state index contributed by atoms with van der Waals surface area (Å²) in [5.41, 5.74) is 1.01. The smallest absolute Gasteiger partial charge is 0.255 e. The molecule has 0 spiro atoms. The number of benzene rings is 2. The molecule has 0 bridgehead atoms. The lowest BCUT2D eigenvalue weighted by Crippen LogP contribution is -2.48. The molecule has 0 radical (unpaired) electrons. The van der Waals surface area contributed by atoms with E-state index in [1.165, 1.54) is 31.4 Å². The van der Waals surface area contributed by atoms with E-state index >= 15 is 0 Å². The molecule has 0 aliphatic carbocycles. The Hall–Kier alpha value is -2.16. The summed E-state index contributed by atoms with van der Waals surface area (Å²) in [5.74, 6) is -0.493. The fraction of sp³-hybridized carbons (Fsp3) is 0.350. The number of amides is 1. The van der Waals surface area contributed by atoms with Crippen LogP contribution in [0.4, 0.5) is 4.39 Å². The van der Waals surface area contributed by atoms with Gasteiger partial charge in [0.15, 0.2) is 21.4 Å². The van der Waals surface area contributed by atoms with Gasteiger partial charge in [0.05, 0.1) is 22.6 Å². The molecule has 9 heteroatoms. The number of halogens is 2. The van der Waals surface area contributed by atoms with E-state index in [4.69, 9.17) is 16.3 Å². The number of carbonyl (C=O) groups excluding carboxylic acids is 1. The molecule has 1 saturated heterocycles. The zero-order valence-corrected chi connectivity index (χ0v) is 17.8. The number of piperazine rings is 1. The van der Waals surface area contributed by atoms with E-state index in [0.29, 0.717) is 32.7 Å². The Morgan fingerprint density at radius 2 is 1.83 bits per heavy atom. The van der Waals surface area contributed by atoms with Gasteiger partial charge in [-0.1, -0.05) is 17.7 Å². The van der Waals surface area contributed by atoms with Crippen molar-refractivity contribution < 1.29 is 22.3 Å². The molecule has 0 atom stereocenters. The fourth-order valence-electron chi connectivity index (χ4n) is 3.24. The van der Waals surface area contributed by atoms with Gasteiger partial charge in [0.2, 0.25) is 0 Å². The Morgan fingerprint density at radius 1 is 1.14 bits per heavy atom. The van der Waals surface area contributed by atoms with Crippen molar-refractivity contribution in [2.75, 3.05) is 39.5 Å². The minimum atomic E-state index is -3.44. The van der Waals surface area contributed by atoms with Gasteiger partial charge in [-0.3, -0.25) is 9.69 Å². The van der Waals surface area contributed by atoms with Crippen LogP contribution in [-0.4, -0.2) is 63.7 Å². The van der Waals surface area contributed by atoms with Crippen LogP contribution in [0.15, 0.2) is 41.3 Å². The van der Waals surface area contributed by atoms with Crippen molar-refractivity contribution >= 4 is 27.3 Å². The number of carbonyl (C=O) groups is 1. The van der Waals surface area contributed by atoms with Crippen molar-refractivity contribution in [1.29, 1.82) is 0 Å². The molecule has 3 rings (SSSR count). The molecule has 0 saturated carbocycles. The molecule has 0 aromatic heterocycles. The number of hydrogen-bond acceptors (Lipinski definition) is 5. The first-order chi connectivity index (χ1) is 13.7. The number of hydrogen-bond donors (Lipinski definition) is 0. The largest absolute Gasteiger partial charge is 0.494 e. The molecule has 1 aliphatic rings. The number of ether oxygens (including phenoxy) is 1. The first kappa shape index (κ1) is 21.5. The van der Waals surface area contributed by atoms with Gasteiger partial charge in [0.25, 0.3) is 5.91 Å². The highest BCUT2D eigenvalue weighted by Crippen LogP contribution is 2.23. The van der Waals surface area contributed by atoms with Gasteiger partial charge < -0.3 is 9.64 Å². The van der Waals surface area contributed by atoms with Crippen LogP contribution >= 0.6 is 11.6 Å². The van der Waals surface area contributed by atoms with Gasteiger partial charge in [0, 0.05) is 39.0 Å². The van der Waals surface area contributed by atoms with Gasteiger partial charge >= 0.3 is 0 Å². The predicted octanol–water partition coefficient (Wildman–Crippen LogP) is 2.85. The van der Waals surface area contributed by atoms with E-state index in [0.717, 1.165) is 11.8 Å². The lowest BCUT2D eigenvalue weighted by molar-refractivity contribution is 0.0628. The second-order valence-corrected chi connectivity index (χ2v) is 9.37. The second-order valence-electron chi connectivity index (χ2n) is 6.95. The second kappa shape index (κ2) is 8.69. The summed E-state index contributed by atoms with van der Waals surface area (Å²) in [6.45, 7) is 2.73. The molecule has 1 amide bonds. The van der Waals surface area contributed by atoms with Crippen LogP contribution in [0.3, 0.4) is 0 Å². The molecule has 2 aromatic rings. The van der Waals surface area contributed by atoms with E-state index in [9.17, 15) is 17.6 Å². The summed E-state index contributed by atoms with van der Waals surface area (Å²) in [6.07, 6.45) is 1.09. The fourth-order valence-corrected chi connectivity index (χ4v) is 4.09. The third kappa shape index (κ3) is 5.07. The third-order valence-corrected chi connectivity index (χ3v) is 6.32. The number of methoxy groups -OCH3 is 1. The quantitative estimate of drug-likeness (QED) is 0.715. The first-order valence-corrected chi connectivity index (χ1v) is 11.3. The van der Waals surface area contributed by atoms with Crippen molar-refractivity contribution in [3.05, 3.63) is 58.4 Å².